The average Bonchev–Trinajstić information content (AvgIpc) is 2.97. The molecule has 2 rings (SSSR count). The highest BCUT2D eigenvalue weighted by molar-refractivity contribution is 5.34. The normalized spacial score (nSPS) is 18.5. The molecule has 1 aliphatic carbocycles. The summed E-state index contributed by atoms with van der Waals surface area (Å²) in [6.07, 6.45) is 2.04. The zero-order valence-corrected chi connectivity index (χ0v) is 9.47. The summed E-state index contributed by atoms with van der Waals surface area (Å²) < 4.78 is 25.6. The predicted octanol–water partition coefficient (Wildman–Crippen LogP) is 2.87. The van der Waals surface area contributed by atoms with Gasteiger partial charge in [0.15, 0.2) is 0 Å². The molecule has 1 aromatic carbocycles. The maximum atomic E-state index is 12.8. The molecule has 1 saturated carbocycles. The molecule has 0 aromatic heterocycles. The number of nitrogens with two attached hydrogens (primary N) is 1. The van der Waals surface area contributed by atoms with E-state index in [2.05, 4.69) is 0 Å². The molecule has 0 radical (unpaired) electrons. The molecule has 3 heteroatoms. The molecule has 1 fully saturated rings. The Morgan fingerprint density at radius 1 is 1.25 bits per heavy atom. The van der Waals surface area contributed by atoms with Gasteiger partial charge in [-0.1, -0.05) is 24.3 Å². The van der Waals surface area contributed by atoms with Crippen LogP contribution in [0, 0.1) is 0 Å². The van der Waals surface area contributed by atoms with Gasteiger partial charge in [-0.2, -0.15) is 0 Å². The van der Waals surface area contributed by atoms with Crippen molar-refractivity contribution in [3.05, 3.63) is 35.4 Å². The van der Waals surface area contributed by atoms with Crippen LogP contribution in [0.2, 0.25) is 0 Å². The lowest BCUT2D eigenvalue weighted by Crippen LogP contribution is -2.19. The summed E-state index contributed by atoms with van der Waals surface area (Å²) in [5, 5.41) is 0. The molecule has 0 spiro atoms. The van der Waals surface area contributed by atoms with Gasteiger partial charge >= 0.3 is 0 Å². The van der Waals surface area contributed by atoms with E-state index in [-0.39, 0.29) is 11.8 Å². The van der Waals surface area contributed by atoms with Gasteiger partial charge in [-0.05, 0) is 30.9 Å². The second-order valence-corrected chi connectivity index (χ2v) is 4.93. The van der Waals surface area contributed by atoms with Crippen LogP contribution in [0.25, 0.3) is 0 Å². The number of halogens is 2. The number of hydrogen-bond donors (Lipinski definition) is 1. The van der Waals surface area contributed by atoms with Gasteiger partial charge in [-0.15, -0.1) is 0 Å². The van der Waals surface area contributed by atoms with Gasteiger partial charge in [0.25, 0.3) is 0 Å². The Bertz CT molecular complexity index is 361. The second-order valence-electron chi connectivity index (χ2n) is 4.93. The smallest absolute Gasteiger partial charge is 0.249 e. The fourth-order valence-corrected chi connectivity index (χ4v) is 2.10. The molecule has 0 bridgehead atoms. The third-order valence-corrected chi connectivity index (χ3v) is 3.33. The highest BCUT2D eigenvalue weighted by Gasteiger charge is 2.42. The highest BCUT2D eigenvalue weighted by Crippen LogP contribution is 2.47. The van der Waals surface area contributed by atoms with Crippen molar-refractivity contribution in [3.8, 4) is 0 Å². The summed E-state index contributed by atoms with van der Waals surface area (Å²) in [6.45, 7) is 1.60. The van der Waals surface area contributed by atoms with E-state index in [0.29, 0.717) is 12.1 Å². The minimum absolute atomic E-state index is 0.146. The Balaban J connectivity index is 2.11. The van der Waals surface area contributed by atoms with Gasteiger partial charge in [-0.3, -0.25) is 0 Å². The Kier molecular flexibility index (Phi) is 2.74. The van der Waals surface area contributed by atoms with Gasteiger partial charge in [0.1, 0.15) is 0 Å². The minimum Gasteiger partial charge on any atom is -0.330 e. The van der Waals surface area contributed by atoms with E-state index < -0.39 is 5.92 Å². The number of benzene rings is 1. The topological polar surface area (TPSA) is 26.0 Å². The molecule has 1 nitrogen and oxygen atoms in total. The number of rotatable bonds is 4. The molecule has 0 amide bonds. The SMILES string of the molecule is CC(F)(F)Cc1ccc(C2(CN)CC2)cc1. The van der Waals surface area contributed by atoms with Gasteiger partial charge in [0, 0.05) is 18.4 Å². The third kappa shape index (κ3) is 2.40. The lowest BCUT2D eigenvalue weighted by Gasteiger charge is -2.14. The molecule has 0 heterocycles. The molecule has 2 N–H and O–H groups in total. The lowest BCUT2D eigenvalue weighted by molar-refractivity contribution is 0.0226. The first-order valence-electron chi connectivity index (χ1n) is 5.63. The van der Waals surface area contributed by atoms with Crippen molar-refractivity contribution < 1.29 is 8.78 Å². The van der Waals surface area contributed by atoms with Crippen molar-refractivity contribution in [1.82, 2.24) is 0 Å². The van der Waals surface area contributed by atoms with Gasteiger partial charge in [0.2, 0.25) is 5.92 Å². The minimum atomic E-state index is -2.63. The lowest BCUT2D eigenvalue weighted by atomic mass is 9.94. The molecule has 0 unspecified atom stereocenters. The Morgan fingerprint density at radius 3 is 2.19 bits per heavy atom. The first kappa shape index (κ1) is 11.5. The van der Waals surface area contributed by atoms with Crippen LogP contribution >= 0.6 is 0 Å². The zero-order chi connectivity index (χ0) is 11.8. The molecule has 88 valence electrons. The third-order valence-electron chi connectivity index (χ3n) is 3.33. The van der Waals surface area contributed by atoms with E-state index in [4.69, 9.17) is 5.73 Å². The number of hydrogen-bond acceptors (Lipinski definition) is 1. The van der Waals surface area contributed by atoms with Crippen molar-refractivity contribution in [2.75, 3.05) is 6.54 Å². The Labute approximate surface area is 94.7 Å². The van der Waals surface area contributed by atoms with E-state index in [1.54, 1.807) is 12.1 Å². The molecular formula is C13H17F2N. The quantitative estimate of drug-likeness (QED) is 0.837. The van der Waals surface area contributed by atoms with E-state index in [1.165, 1.54) is 5.56 Å². The standard InChI is InChI=1S/C13H17F2N/c1-12(14,15)8-10-2-4-11(5-3-10)13(9-16)6-7-13/h2-5H,6-9,16H2,1H3. The van der Waals surface area contributed by atoms with E-state index >= 15 is 0 Å². The molecular weight excluding hydrogens is 208 g/mol. The summed E-state index contributed by atoms with van der Waals surface area (Å²) in [7, 11) is 0. The molecule has 0 aliphatic heterocycles. The van der Waals surface area contributed by atoms with Crippen LogP contribution in [0.3, 0.4) is 0 Å². The number of alkyl halides is 2. The van der Waals surface area contributed by atoms with Gasteiger partial charge in [-0.25, -0.2) is 8.78 Å². The monoisotopic (exact) mass is 225 g/mol. The molecule has 0 saturated heterocycles. The first-order valence-corrected chi connectivity index (χ1v) is 5.63. The van der Waals surface area contributed by atoms with Crippen molar-refractivity contribution >= 4 is 0 Å². The molecule has 1 aliphatic rings. The second kappa shape index (κ2) is 3.81. The summed E-state index contributed by atoms with van der Waals surface area (Å²) in [5.74, 6) is -2.63. The summed E-state index contributed by atoms with van der Waals surface area (Å²) in [5.41, 5.74) is 7.74. The van der Waals surface area contributed by atoms with Crippen molar-refractivity contribution in [2.45, 2.75) is 37.5 Å². The van der Waals surface area contributed by atoms with Crippen molar-refractivity contribution in [1.29, 1.82) is 0 Å². The van der Waals surface area contributed by atoms with Crippen LogP contribution in [0.1, 0.15) is 30.9 Å². The fourth-order valence-electron chi connectivity index (χ4n) is 2.10. The van der Waals surface area contributed by atoms with Crippen molar-refractivity contribution in [2.24, 2.45) is 5.73 Å². The molecule has 0 atom stereocenters. The van der Waals surface area contributed by atoms with E-state index in [9.17, 15) is 8.78 Å². The van der Waals surface area contributed by atoms with Crippen LogP contribution in [-0.2, 0) is 11.8 Å². The van der Waals surface area contributed by atoms with Gasteiger partial charge < -0.3 is 5.73 Å². The molecule has 16 heavy (non-hydrogen) atoms. The summed E-state index contributed by atoms with van der Waals surface area (Å²) >= 11 is 0. The van der Waals surface area contributed by atoms with Crippen molar-refractivity contribution in [3.63, 3.8) is 0 Å². The van der Waals surface area contributed by atoms with E-state index in [0.717, 1.165) is 19.8 Å². The van der Waals surface area contributed by atoms with Crippen LogP contribution in [0.15, 0.2) is 24.3 Å². The molecule has 1 aromatic rings. The Morgan fingerprint density at radius 2 is 1.81 bits per heavy atom. The zero-order valence-electron chi connectivity index (χ0n) is 9.47. The van der Waals surface area contributed by atoms with Crippen LogP contribution in [-0.4, -0.2) is 12.5 Å². The fraction of sp³-hybridized carbons (Fsp3) is 0.538. The highest BCUT2D eigenvalue weighted by atomic mass is 19.3. The summed E-state index contributed by atoms with van der Waals surface area (Å²) in [4.78, 5) is 0. The maximum absolute atomic E-state index is 12.8. The Hall–Kier alpha value is -0.960. The van der Waals surface area contributed by atoms with Crippen LogP contribution in [0.5, 0.6) is 0 Å². The summed E-state index contributed by atoms with van der Waals surface area (Å²) in [6, 6.07) is 7.48. The maximum Gasteiger partial charge on any atom is 0.249 e. The van der Waals surface area contributed by atoms with Crippen LogP contribution in [0.4, 0.5) is 8.78 Å². The van der Waals surface area contributed by atoms with E-state index in [1.807, 2.05) is 12.1 Å². The van der Waals surface area contributed by atoms with Gasteiger partial charge in [0.05, 0.1) is 0 Å². The van der Waals surface area contributed by atoms with Crippen LogP contribution < -0.4 is 5.73 Å². The first-order chi connectivity index (χ1) is 7.45. The predicted molar refractivity (Wildman–Crippen MR) is 60.7 cm³/mol. The largest absolute Gasteiger partial charge is 0.330 e. The average molecular weight is 225 g/mol.